The summed E-state index contributed by atoms with van der Waals surface area (Å²) < 4.78 is 12.9. The zero-order valence-corrected chi connectivity index (χ0v) is 63.4. The van der Waals surface area contributed by atoms with Crippen molar-refractivity contribution < 1.29 is 8.83 Å². The monoisotopic (exact) mass is 1480 g/mol. The molecule has 0 aliphatic rings. The van der Waals surface area contributed by atoms with Gasteiger partial charge in [0, 0.05) is 66.8 Å². The lowest BCUT2D eigenvalue weighted by Crippen LogP contribution is -2.10. The molecule has 4 heteroatoms. The average Bonchev–Trinajstić information content (AvgIpc) is 1.27. The van der Waals surface area contributed by atoms with Crippen LogP contribution >= 0.6 is 0 Å². The fourth-order valence-corrected chi connectivity index (χ4v) is 17.4. The van der Waals surface area contributed by atoms with E-state index in [1.807, 2.05) is 24.3 Å². The Morgan fingerprint density at radius 3 is 0.871 bits per heavy atom. The molecule has 0 amide bonds. The number of hydrogen-bond acceptors (Lipinski definition) is 4. The maximum atomic E-state index is 6.45. The Bertz CT molecular complexity index is 7370. The Morgan fingerprint density at radius 2 is 0.431 bits per heavy atom. The Morgan fingerprint density at radius 1 is 0.147 bits per heavy atom. The van der Waals surface area contributed by atoms with E-state index in [2.05, 4.69) is 434 Å². The standard InChI is InChI=1S/2C56H37NO/c1-4-15-38(16-5-1)39-27-31-43(32-28-39)57(44-33-29-40(30-34-44)46-24-14-25-51-49-22-12-13-26-53(49)58-56(46)51)45-35-36-48-47-21-10-11-23-50(47)54(41-17-6-2-7-18-41)55(52(48)37-45)42-19-8-3-9-20-42;1-3-12-38(13-4-1)39-22-24-40(25-23-39)41-26-30-45(31-27-41)57(46-32-28-43(29-33-46)49-19-11-20-52-51-18-9-10-21-55(51)58-56(49)52)47-34-35-50-48-17-8-7-16-44(48)36-53(54(50)37-47)42-14-5-2-6-15-42/h2*1-37H. The number of para-hydroxylation sites is 4. The number of fused-ring (bicyclic) bond motifs is 12. The highest BCUT2D eigenvalue weighted by atomic mass is 16.3. The van der Waals surface area contributed by atoms with Gasteiger partial charge in [0.15, 0.2) is 0 Å². The van der Waals surface area contributed by atoms with Crippen molar-refractivity contribution in [2.45, 2.75) is 0 Å². The minimum atomic E-state index is 0.904. The molecule has 22 rings (SSSR count). The van der Waals surface area contributed by atoms with Gasteiger partial charge in [0.05, 0.1) is 0 Å². The lowest BCUT2D eigenvalue weighted by molar-refractivity contribution is 0.669. The number of benzene rings is 20. The maximum Gasteiger partial charge on any atom is 0.143 e. The summed E-state index contributed by atoms with van der Waals surface area (Å²) in [6.45, 7) is 0. The van der Waals surface area contributed by atoms with Crippen LogP contribution < -0.4 is 9.80 Å². The number of nitrogens with zero attached hydrogens (tertiary/aromatic N) is 2. The second-order valence-electron chi connectivity index (χ2n) is 29.7. The van der Waals surface area contributed by atoms with Gasteiger partial charge in [0.25, 0.3) is 0 Å². The second-order valence-corrected chi connectivity index (χ2v) is 29.7. The van der Waals surface area contributed by atoms with Gasteiger partial charge < -0.3 is 18.6 Å². The Labute approximate surface area is 673 Å². The van der Waals surface area contributed by atoms with Crippen LogP contribution in [0.1, 0.15) is 0 Å². The number of hydrogen-bond donors (Lipinski definition) is 0. The van der Waals surface area contributed by atoms with Crippen LogP contribution in [-0.2, 0) is 0 Å². The molecular weight excluding hydrogens is 1410 g/mol. The molecule has 22 aromatic rings. The van der Waals surface area contributed by atoms with Gasteiger partial charge in [-0.05, 0) is 212 Å². The summed E-state index contributed by atoms with van der Waals surface area (Å²) in [7, 11) is 0. The van der Waals surface area contributed by atoms with Crippen LogP contribution in [0.5, 0.6) is 0 Å². The minimum Gasteiger partial charge on any atom is -0.455 e. The molecule has 0 radical (unpaired) electrons. The van der Waals surface area contributed by atoms with Crippen LogP contribution in [0.25, 0.3) is 176 Å². The molecule has 2 heterocycles. The zero-order valence-electron chi connectivity index (χ0n) is 63.4. The van der Waals surface area contributed by atoms with Crippen LogP contribution in [0.15, 0.2) is 458 Å². The molecule has 0 aliphatic carbocycles. The van der Waals surface area contributed by atoms with Gasteiger partial charge in [-0.3, -0.25) is 0 Å². The second kappa shape index (κ2) is 29.7. The average molecular weight is 1480 g/mol. The quantitative estimate of drug-likeness (QED) is 0.102. The summed E-state index contributed by atoms with van der Waals surface area (Å²) in [5, 5.41) is 14.4. The summed E-state index contributed by atoms with van der Waals surface area (Å²) >= 11 is 0. The first-order chi connectivity index (χ1) is 57.5. The van der Waals surface area contributed by atoms with Gasteiger partial charge in [-0.25, -0.2) is 0 Å². The minimum absolute atomic E-state index is 0.904. The van der Waals surface area contributed by atoms with Crippen LogP contribution in [0.3, 0.4) is 0 Å². The molecular formula is C112H74N2O2. The van der Waals surface area contributed by atoms with Crippen molar-refractivity contribution in [1.29, 1.82) is 0 Å². The highest BCUT2D eigenvalue weighted by Crippen LogP contribution is 2.49. The van der Waals surface area contributed by atoms with Crippen LogP contribution in [0, 0.1) is 0 Å². The van der Waals surface area contributed by atoms with Crippen molar-refractivity contribution >= 4 is 121 Å². The van der Waals surface area contributed by atoms with Crippen LogP contribution in [0.2, 0.25) is 0 Å². The predicted octanol–water partition coefficient (Wildman–Crippen LogP) is 32.1. The van der Waals surface area contributed by atoms with Crippen molar-refractivity contribution in [2.24, 2.45) is 0 Å². The van der Waals surface area contributed by atoms with Crippen molar-refractivity contribution in [3.63, 3.8) is 0 Å². The molecule has 0 fully saturated rings. The maximum absolute atomic E-state index is 6.45. The molecule has 0 saturated carbocycles. The van der Waals surface area contributed by atoms with E-state index in [0.717, 1.165) is 100 Å². The van der Waals surface area contributed by atoms with Crippen molar-refractivity contribution in [3.8, 4) is 89.0 Å². The molecule has 116 heavy (non-hydrogen) atoms. The molecule has 0 atom stereocenters. The lowest BCUT2D eigenvalue weighted by Gasteiger charge is -2.27. The predicted molar refractivity (Wildman–Crippen MR) is 490 cm³/mol. The largest absolute Gasteiger partial charge is 0.455 e. The molecule has 2 aromatic heterocycles. The summed E-state index contributed by atoms with van der Waals surface area (Å²) in [6.07, 6.45) is 0. The van der Waals surface area contributed by atoms with Gasteiger partial charge in [0.2, 0.25) is 0 Å². The van der Waals surface area contributed by atoms with E-state index in [-0.39, 0.29) is 0 Å². The third-order valence-corrected chi connectivity index (χ3v) is 22.9. The number of furan rings is 2. The Kier molecular flexibility index (Phi) is 17.6. The summed E-state index contributed by atoms with van der Waals surface area (Å²) in [5.74, 6) is 0. The highest BCUT2D eigenvalue weighted by molar-refractivity contribution is 6.23. The third-order valence-electron chi connectivity index (χ3n) is 22.9. The van der Waals surface area contributed by atoms with Crippen molar-refractivity contribution in [1.82, 2.24) is 0 Å². The van der Waals surface area contributed by atoms with Gasteiger partial charge in [-0.2, -0.15) is 0 Å². The van der Waals surface area contributed by atoms with E-state index < -0.39 is 0 Å². The van der Waals surface area contributed by atoms with E-state index in [1.54, 1.807) is 0 Å². The topological polar surface area (TPSA) is 32.8 Å². The number of rotatable bonds is 14. The fourth-order valence-electron chi connectivity index (χ4n) is 17.4. The van der Waals surface area contributed by atoms with Gasteiger partial charge >= 0.3 is 0 Å². The Balaban J connectivity index is 0.000000145. The molecule has 0 aliphatic heterocycles. The van der Waals surface area contributed by atoms with Crippen molar-refractivity contribution in [3.05, 3.63) is 449 Å². The smallest absolute Gasteiger partial charge is 0.143 e. The third kappa shape index (κ3) is 12.7. The van der Waals surface area contributed by atoms with Gasteiger partial charge in [-0.15, -0.1) is 0 Å². The summed E-state index contributed by atoms with van der Waals surface area (Å²) in [5.41, 5.74) is 29.0. The first-order valence-electron chi connectivity index (χ1n) is 39.7. The molecule has 544 valence electrons. The lowest BCUT2D eigenvalue weighted by atomic mass is 9.85. The van der Waals surface area contributed by atoms with Crippen LogP contribution in [0.4, 0.5) is 34.1 Å². The molecule has 0 spiro atoms. The molecule has 0 saturated heterocycles. The van der Waals surface area contributed by atoms with Crippen LogP contribution in [-0.4, -0.2) is 0 Å². The van der Waals surface area contributed by atoms with E-state index in [1.165, 1.54) is 110 Å². The SMILES string of the molecule is c1ccc(-c2ccc(-c3ccc(N(c4ccc(-c5cccc6c5oc5ccccc56)cc4)c4ccc5c(c4)c(-c4ccccc4)cc4ccccc45)cc3)cc2)cc1.c1ccc(-c2ccc(N(c3ccc(-c4cccc5c4oc4ccccc45)cc3)c3ccc4c(c3)c(-c3ccccc3)c(-c3ccccc3)c3ccccc34)cc2)cc1. The molecule has 4 nitrogen and oxygen atoms in total. The molecule has 0 unspecified atom stereocenters. The highest BCUT2D eigenvalue weighted by Gasteiger charge is 2.24. The number of anilines is 6. The van der Waals surface area contributed by atoms with E-state index in [0.29, 0.717) is 0 Å². The molecule has 20 aromatic carbocycles. The van der Waals surface area contributed by atoms with Crippen molar-refractivity contribution in [2.75, 3.05) is 9.80 Å². The Hall–Kier alpha value is -15.4. The summed E-state index contributed by atoms with van der Waals surface area (Å²) in [6, 6.07) is 161. The van der Waals surface area contributed by atoms with E-state index in [4.69, 9.17) is 8.83 Å². The molecule has 0 N–H and O–H groups in total. The fraction of sp³-hybridized carbons (Fsp3) is 0. The summed E-state index contributed by atoms with van der Waals surface area (Å²) in [4.78, 5) is 4.75. The van der Waals surface area contributed by atoms with E-state index >= 15 is 0 Å². The molecule has 0 bridgehead atoms. The first kappa shape index (κ1) is 68.7. The first-order valence-corrected chi connectivity index (χ1v) is 39.7. The van der Waals surface area contributed by atoms with E-state index in [9.17, 15) is 0 Å². The zero-order chi connectivity index (χ0) is 76.8. The van der Waals surface area contributed by atoms with Gasteiger partial charge in [0.1, 0.15) is 22.3 Å². The van der Waals surface area contributed by atoms with Gasteiger partial charge in [-0.1, -0.05) is 358 Å². The normalized spacial score (nSPS) is 11.4.